The molecule has 2 fully saturated rings. The fraction of sp³-hybridized carbons (Fsp3) is 0.710. The van der Waals surface area contributed by atoms with E-state index in [2.05, 4.69) is 9.80 Å². The van der Waals surface area contributed by atoms with E-state index in [1.807, 2.05) is 13.8 Å². The van der Waals surface area contributed by atoms with Crippen LogP contribution in [0.3, 0.4) is 0 Å². The van der Waals surface area contributed by atoms with Gasteiger partial charge in [-0.15, -0.1) is 11.8 Å². The molecule has 2 saturated heterocycles. The molecule has 14 heteroatoms. The van der Waals surface area contributed by atoms with Crippen LogP contribution in [0.15, 0.2) is 23.1 Å². The number of alkyl halides is 3. The van der Waals surface area contributed by atoms with Gasteiger partial charge in [-0.05, 0) is 83.8 Å². The molecule has 1 unspecified atom stereocenters. The smallest absolute Gasteiger partial charge is 0.390 e. The summed E-state index contributed by atoms with van der Waals surface area (Å²) in [5, 5.41) is 26.3. The lowest BCUT2D eigenvalue weighted by molar-refractivity contribution is -0.139. The zero-order valence-corrected chi connectivity index (χ0v) is 28.0. The Kier molecular flexibility index (Phi) is 10.6. The van der Waals surface area contributed by atoms with Gasteiger partial charge >= 0.3 is 6.18 Å². The summed E-state index contributed by atoms with van der Waals surface area (Å²) in [5.74, 6) is 0.733. The molecule has 4 heterocycles. The van der Waals surface area contributed by atoms with Crippen LogP contribution >= 0.6 is 11.8 Å². The number of aromatic nitrogens is 2. The van der Waals surface area contributed by atoms with Crippen molar-refractivity contribution in [1.29, 1.82) is 0 Å². The third-order valence-electron chi connectivity index (χ3n) is 9.43. The highest BCUT2D eigenvalue weighted by Gasteiger charge is 2.36. The molecule has 2 aromatic rings. The molecule has 0 aliphatic carbocycles. The minimum atomic E-state index is -4.51. The number of likely N-dealkylation sites (tertiary alicyclic amines) is 2. The topological polar surface area (TPSA) is 102 Å². The Hall–Kier alpha value is -1.68. The molecule has 0 amide bonds. The van der Waals surface area contributed by atoms with Crippen LogP contribution in [-0.2, 0) is 35.7 Å². The largest absolute Gasteiger partial charge is 0.417 e. The van der Waals surface area contributed by atoms with E-state index in [1.54, 1.807) is 4.68 Å². The second-order valence-electron chi connectivity index (χ2n) is 13.3. The lowest BCUT2D eigenvalue weighted by atomic mass is 9.83. The van der Waals surface area contributed by atoms with E-state index in [-0.39, 0.29) is 30.4 Å². The van der Waals surface area contributed by atoms with Crippen molar-refractivity contribution in [2.45, 2.75) is 81.8 Å². The molecule has 0 saturated carbocycles. The number of halogens is 3. The highest BCUT2D eigenvalue weighted by atomic mass is 32.2. The molecule has 3 aliphatic heterocycles. The Morgan fingerprint density at radius 3 is 2.36 bits per heavy atom. The van der Waals surface area contributed by atoms with Gasteiger partial charge in [-0.1, -0.05) is 6.07 Å². The first-order valence-electron chi connectivity index (χ1n) is 15.8. The molecule has 0 spiro atoms. The number of piperidine rings is 1. The van der Waals surface area contributed by atoms with Crippen molar-refractivity contribution in [3.05, 3.63) is 35.0 Å². The second-order valence-corrected chi connectivity index (χ2v) is 16.4. The minimum Gasteiger partial charge on any atom is -0.390 e. The quantitative estimate of drug-likeness (QED) is 0.347. The standard InChI is InChI=1S/C31H46F3N5O4S2/c1-30(2,41)23-8-13-37(14-9-23)19-24(40)20-39-27-10-15-38(45(3,42)43)21-25(27)29(35-39)22-6-7-26(31(32,33)34)28(18-22)44-17-16-36-11-4-5-12-36/h6-7,18,23-24,40-41H,4-5,8-17,19-21H2,1-3H3. The predicted molar refractivity (Wildman–Crippen MR) is 169 cm³/mol. The van der Waals surface area contributed by atoms with Crippen LogP contribution < -0.4 is 0 Å². The van der Waals surface area contributed by atoms with Crippen LogP contribution in [0.4, 0.5) is 13.2 Å². The van der Waals surface area contributed by atoms with Crippen LogP contribution in [-0.4, -0.2) is 112 Å². The summed E-state index contributed by atoms with van der Waals surface area (Å²) in [5.41, 5.74) is 0.990. The molecule has 45 heavy (non-hydrogen) atoms. The number of fused-ring (bicyclic) bond motifs is 1. The highest BCUT2D eigenvalue weighted by molar-refractivity contribution is 7.99. The molecule has 1 aromatic carbocycles. The van der Waals surface area contributed by atoms with E-state index in [9.17, 15) is 31.8 Å². The Morgan fingerprint density at radius 2 is 1.73 bits per heavy atom. The summed E-state index contributed by atoms with van der Waals surface area (Å²) in [4.78, 5) is 4.58. The number of nitrogens with zero attached hydrogens (tertiary/aromatic N) is 5. The number of benzene rings is 1. The van der Waals surface area contributed by atoms with E-state index < -0.39 is 33.5 Å². The molecule has 252 valence electrons. The summed E-state index contributed by atoms with van der Waals surface area (Å²) >= 11 is 1.19. The third kappa shape index (κ3) is 8.62. The number of aliphatic hydroxyl groups is 2. The Balaban J connectivity index is 1.39. The maximum Gasteiger partial charge on any atom is 0.417 e. The van der Waals surface area contributed by atoms with Gasteiger partial charge in [-0.2, -0.15) is 22.6 Å². The zero-order valence-electron chi connectivity index (χ0n) is 26.4. The summed E-state index contributed by atoms with van der Waals surface area (Å²) in [7, 11) is -3.51. The van der Waals surface area contributed by atoms with E-state index in [4.69, 9.17) is 5.10 Å². The van der Waals surface area contributed by atoms with Gasteiger partial charge in [-0.3, -0.25) is 4.68 Å². The normalized spacial score (nSPS) is 20.5. The number of thioether (sulfide) groups is 1. The van der Waals surface area contributed by atoms with Crippen molar-refractivity contribution in [1.82, 2.24) is 23.9 Å². The first-order chi connectivity index (χ1) is 21.1. The monoisotopic (exact) mass is 673 g/mol. The number of sulfonamides is 1. The number of aliphatic hydroxyl groups excluding tert-OH is 1. The molecule has 5 rings (SSSR count). The van der Waals surface area contributed by atoms with Gasteiger partial charge in [0.2, 0.25) is 10.0 Å². The predicted octanol–water partition coefficient (Wildman–Crippen LogP) is 3.92. The Labute approximate surface area is 268 Å². The molecule has 1 aromatic heterocycles. The lowest BCUT2D eigenvalue weighted by Gasteiger charge is -2.38. The fourth-order valence-electron chi connectivity index (χ4n) is 6.82. The summed E-state index contributed by atoms with van der Waals surface area (Å²) in [6, 6.07) is 4.05. The Bertz CT molecular complexity index is 1430. The van der Waals surface area contributed by atoms with E-state index >= 15 is 0 Å². The fourth-order valence-corrected chi connectivity index (χ4v) is 8.73. The number of rotatable bonds is 11. The van der Waals surface area contributed by atoms with Gasteiger partial charge in [0.15, 0.2) is 0 Å². The van der Waals surface area contributed by atoms with Crippen molar-refractivity contribution in [3.8, 4) is 11.3 Å². The zero-order chi connectivity index (χ0) is 32.6. The van der Waals surface area contributed by atoms with E-state index in [0.717, 1.165) is 69.9 Å². The highest BCUT2D eigenvalue weighted by Crippen LogP contribution is 2.40. The number of hydrogen-bond acceptors (Lipinski definition) is 8. The molecule has 0 bridgehead atoms. The SMILES string of the molecule is CC(C)(O)C1CCN(CC(O)Cn2nc(-c3ccc(C(F)(F)F)c(SCCN4CCCC4)c3)c3c2CCN(S(C)(=O)=O)C3)CC1. The average molecular weight is 674 g/mol. The summed E-state index contributed by atoms with van der Waals surface area (Å²) in [6.07, 6.45) is 0.181. The number of hydrogen-bond donors (Lipinski definition) is 2. The van der Waals surface area contributed by atoms with Crippen LogP contribution in [0.5, 0.6) is 0 Å². The maximum atomic E-state index is 14.0. The first kappa shape index (κ1) is 34.6. The van der Waals surface area contributed by atoms with Gasteiger partial charge in [0, 0.05) is 60.1 Å². The molecule has 2 N–H and O–H groups in total. The molecular weight excluding hydrogens is 628 g/mol. The minimum absolute atomic E-state index is 0.0719. The van der Waals surface area contributed by atoms with Crippen LogP contribution in [0.25, 0.3) is 11.3 Å². The molecular formula is C31H46F3N5O4S2. The van der Waals surface area contributed by atoms with Crippen molar-refractivity contribution >= 4 is 21.8 Å². The summed E-state index contributed by atoms with van der Waals surface area (Å²) < 4.78 is 70.1. The van der Waals surface area contributed by atoms with Crippen LogP contribution in [0.2, 0.25) is 0 Å². The van der Waals surface area contributed by atoms with Crippen molar-refractivity contribution in [2.24, 2.45) is 5.92 Å². The van der Waals surface area contributed by atoms with E-state index in [1.165, 1.54) is 28.2 Å². The molecule has 9 nitrogen and oxygen atoms in total. The van der Waals surface area contributed by atoms with Crippen LogP contribution in [0, 0.1) is 5.92 Å². The second kappa shape index (κ2) is 13.8. The van der Waals surface area contributed by atoms with Gasteiger partial charge < -0.3 is 20.0 Å². The molecule has 0 radical (unpaired) electrons. The van der Waals surface area contributed by atoms with E-state index in [0.29, 0.717) is 42.1 Å². The van der Waals surface area contributed by atoms with Crippen molar-refractivity contribution in [2.75, 3.05) is 57.8 Å². The van der Waals surface area contributed by atoms with Crippen LogP contribution in [0.1, 0.15) is 56.4 Å². The van der Waals surface area contributed by atoms with Gasteiger partial charge in [0.25, 0.3) is 0 Å². The molecule has 3 aliphatic rings. The first-order valence-corrected chi connectivity index (χ1v) is 18.7. The average Bonchev–Trinajstić information content (AvgIpc) is 3.60. The lowest BCUT2D eigenvalue weighted by Crippen LogP contribution is -2.45. The maximum absolute atomic E-state index is 14.0. The van der Waals surface area contributed by atoms with Gasteiger partial charge in [0.1, 0.15) is 0 Å². The van der Waals surface area contributed by atoms with Crippen molar-refractivity contribution in [3.63, 3.8) is 0 Å². The van der Waals surface area contributed by atoms with Crippen molar-refractivity contribution < 1.29 is 31.8 Å². The Morgan fingerprint density at radius 1 is 1.04 bits per heavy atom. The molecule has 1 atom stereocenters. The van der Waals surface area contributed by atoms with Gasteiger partial charge in [-0.25, -0.2) is 8.42 Å². The number of β-amino-alcohol motifs (C(OH)–C–C–N with tert-alkyl or cyclic N) is 1. The third-order valence-corrected chi connectivity index (χ3v) is 11.7. The summed E-state index contributed by atoms with van der Waals surface area (Å²) in [6.45, 7) is 8.80. The van der Waals surface area contributed by atoms with Gasteiger partial charge in [0.05, 0.1) is 35.8 Å².